The molecule has 3 heterocycles. The number of thiophene rings is 1. The molecule has 2 aromatic rings. The molecule has 0 spiro atoms. The van der Waals surface area contributed by atoms with E-state index >= 15 is 0 Å². The Hall–Kier alpha value is -2.19. The van der Waals surface area contributed by atoms with Crippen molar-refractivity contribution in [2.75, 3.05) is 31.5 Å². The van der Waals surface area contributed by atoms with Gasteiger partial charge in [-0.05, 0) is 25.3 Å². The predicted octanol–water partition coefficient (Wildman–Crippen LogP) is 1.83. The zero-order valence-electron chi connectivity index (χ0n) is 13.7. The molecule has 0 saturated carbocycles. The first-order valence-corrected chi connectivity index (χ1v) is 8.73. The number of piperazine rings is 1. The Morgan fingerprint density at radius 2 is 2.08 bits per heavy atom. The Balaban J connectivity index is 1.52. The Labute approximate surface area is 144 Å². The standard InChI is InChI=1S/C16H20N4O3S/c1-11-10-14(23-18-11)17-15(21)12(2)19-5-7-20(8-6-19)16(22)13-4-3-9-24-13/h3-4,9-10,12H,5-8H2,1-2H3,(H,17,21). The van der Waals surface area contributed by atoms with Crippen LogP contribution < -0.4 is 5.32 Å². The number of anilines is 1. The van der Waals surface area contributed by atoms with Crippen molar-refractivity contribution in [2.45, 2.75) is 19.9 Å². The Morgan fingerprint density at radius 1 is 1.33 bits per heavy atom. The van der Waals surface area contributed by atoms with Crippen LogP contribution in [0.1, 0.15) is 22.3 Å². The molecule has 1 saturated heterocycles. The van der Waals surface area contributed by atoms with Crippen LogP contribution in [0.3, 0.4) is 0 Å². The molecule has 1 fully saturated rings. The summed E-state index contributed by atoms with van der Waals surface area (Å²) in [6.45, 7) is 6.23. The predicted molar refractivity (Wildman–Crippen MR) is 91.1 cm³/mol. The molecule has 7 nitrogen and oxygen atoms in total. The molecule has 0 bridgehead atoms. The fourth-order valence-electron chi connectivity index (χ4n) is 2.68. The highest BCUT2D eigenvalue weighted by atomic mass is 32.1. The third-order valence-corrected chi connectivity index (χ3v) is 4.99. The molecule has 2 aromatic heterocycles. The molecule has 3 rings (SSSR count). The molecule has 8 heteroatoms. The highest BCUT2D eigenvalue weighted by Crippen LogP contribution is 2.16. The van der Waals surface area contributed by atoms with E-state index < -0.39 is 0 Å². The van der Waals surface area contributed by atoms with Crippen molar-refractivity contribution < 1.29 is 14.1 Å². The Kier molecular flexibility index (Phi) is 4.96. The van der Waals surface area contributed by atoms with Gasteiger partial charge in [-0.15, -0.1) is 11.3 Å². The summed E-state index contributed by atoms with van der Waals surface area (Å²) in [4.78, 5) is 29.3. The van der Waals surface area contributed by atoms with Gasteiger partial charge in [-0.3, -0.25) is 19.8 Å². The first kappa shape index (κ1) is 16.7. The zero-order valence-corrected chi connectivity index (χ0v) is 14.5. The quantitative estimate of drug-likeness (QED) is 0.912. The monoisotopic (exact) mass is 348 g/mol. The summed E-state index contributed by atoms with van der Waals surface area (Å²) in [5, 5.41) is 8.38. The lowest BCUT2D eigenvalue weighted by Crippen LogP contribution is -2.53. The first-order valence-electron chi connectivity index (χ1n) is 7.85. The molecule has 0 radical (unpaired) electrons. The van der Waals surface area contributed by atoms with Gasteiger partial charge in [0.25, 0.3) is 5.91 Å². The molecule has 24 heavy (non-hydrogen) atoms. The minimum Gasteiger partial charge on any atom is -0.338 e. The van der Waals surface area contributed by atoms with Gasteiger partial charge in [0.1, 0.15) is 0 Å². The van der Waals surface area contributed by atoms with Crippen LogP contribution in [0.2, 0.25) is 0 Å². The lowest BCUT2D eigenvalue weighted by atomic mass is 10.2. The van der Waals surface area contributed by atoms with Crippen LogP contribution in [-0.4, -0.2) is 59.0 Å². The highest BCUT2D eigenvalue weighted by molar-refractivity contribution is 7.12. The first-order chi connectivity index (χ1) is 11.5. The van der Waals surface area contributed by atoms with Crippen molar-refractivity contribution in [2.24, 2.45) is 0 Å². The van der Waals surface area contributed by atoms with Gasteiger partial charge in [0.2, 0.25) is 11.8 Å². The number of aryl methyl sites for hydroxylation is 1. The van der Waals surface area contributed by atoms with Gasteiger partial charge in [-0.2, -0.15) is 0 Å². The highest BCUT2D eigenvalue weighted by Gasteiger charge is 2.28. The van der Waals surface area contributed by atoms with Crippen LogP contribution >= 0.6 is 11.3 Å². The minimum atomic E-state index is -0.297. The van der Waals surface area contributed by atoms with E-state index in [9.17, 15) is 9.59 Å². The van der Waals surface area contributed by atoms with Crippen molar-refractivity contribution in [3.8, 4) is 0 Å². The van der Waals surface area contributed by atoms with E-state index in [-0.39, 0.29) is 17.9 Å². The van der Waals surface area contributed by atoms with Crippen molar-refractivity contribution in [3.63, 3.8) is 0 Å². The van der Waals surface area contributed by atoms with Crippen molar-refractivity contribution in [1.29, 1.82) is 0 Å². The molecule has 1 aliphatic heterocycles. The van der Waals surface area contributed by atoms with Crippen molar-refractivity contribution >= 4 is 29.0 Å². The number of hydrogen-bond donors (Lipinski definition) is 1. The summed E-state index contributed by atoms with van der Waals surface area (Å²) in [7, 11) is 0. The van der Waals surface area contributed by atoms with E-state index in [1.165, 1.54) is 11.3 Å². The largest absolute Gasteiger partial charge is 0.338 e. The van der Waals surface area contributed by atoms with Crippen LogP contribution in [-0.2, 0) is 4.79 Å². The lowest BCUT2D eigenvalue weighted by Gasteiger charge is -2.37. The zero-order chi connectivity index (χ0) is 17.1. The molecule has 0 aliphatic carbocycles. The average molecular weight is 348 g/mol. The smallest absolute Gasteiger partial charge is 0.264 e. The van der Waals surface area contributed by atoms with Gasteiger partial charge in [0.05, 0.1) is 16.6 Å². The van der Waals surface area contributed by atoms with Crippen molar-refractivity contribution in [3.05, 3.63) is 34.2 Å². The van der Waals surface area contributed by atoms with Crippen molar-refractivity contribution in [1.82, 2.24) is 15.0 Å². The maximum Gasteiger partial charge on any atom is 0.264 e. The van der Waals surface area contributed by atoms with E-state index in [0.717, 1.165) is 10.6 Å². The fourth-order valence-corrected chi connectivity index (χ4v) is 3.37. The molecule has 1 aliphatic rings. The van der Waals surface area contributed by atoms with Gasteiger partial charge < -0.3 is 9.42 Å². The third kappa shape index (κ3) is 3.65. The molecule has 1 N–H and O–H groups in total. The van der Waals surface area contributed by atoms with E-state index in [4.69, 9.17) is 4.52 Å². The third-order valence-electron chi connectivity index (χ3n) is 4.13. The number of amides is 2. The number of aromatic nitrogens is 1. The summed E-state index contributed by atoms with van der Waals surface area (Å²) in [5.74, 6) is 0.291. The number of carbonyl (C=O) groups is 2. The molecule has 1 atom stereocenters. The molecular weight excluding hydrogens is 328 g/mol. The number of nitrogens with one attached hydrogen (secondary N) is 1. The molecule has 2 amide bonds. The van der Waals surface area contributed by atoms with Gasteiger partial charge >= 0.3 is 0 Å². The van der Waals surface area contributed by atoms with Gasteiger partial charge in [-0.1, -0.05) is 11.2 Å². The summed E-state index contributed by atoms with van der Waals surface area (Å²) < 4.78 is 5.01. The van der Waals surface area contributed by atoms with E-state index in [1.807, 2.05) is 29.3 Å². The summed E-state index contributed by atoms with van der Waals surface area (Å²) >= 11 is 1.45. The second kappa shape index (κ2) is 7.14. The van der Waals surface area contributed by atoms with Crippen LogP contribution in [0.4, 0.5) is 5.88 Å². The van der Waals surface area contributed by atoms with Gasteiger partial charge in [-0.25, -0.2) is 0 Å². The molecule has 0 aromatic carbocycles. The second-order valence-corrected chi connectivity index (χ2v) is 6.75. The maximum absolute atomic E-state index is 12.3. The van der Waals surface area contributed by atoms with Crippen LogP contribution in [0.5, 0.6) is 0 Å². The maximum atomic E-state index is 12.3. The van der Waals surface area contributed by atoms with Crippen LogP contribution in [0.25, 0.3) is 0 Å². The number of rotatable bonds is 4. The Morgan fingerprint density at radius 3 is 2.67 bits per heavy atom. The number of nitrogens with zero attached hydrogens (tertiary/aromatic N) is 3. The van der Waals surface area contributed by atoms with E-state index in [2.05, 4.69) is 15.4 Å². The van der Waals surface area contributed by atoms with Gasteiger partial charge in [0.15, 0.2) is 0 Å². The summed E-state index contributed by atoms with van der Waals surface area (Å²) in [6.07, 6.45) is 0. The minimum absolute atomic E-state index is 0.0684. The van der Waals surface area contributed by atoms with Crippen LogP contribution in [0.15, 0.2) is 28.1 Å². The average Bonchev–Trinajstić information content (AvgIpc) is 3.25. The Bertz CT molecular complexity index is 705. The summed E-state index contributed by atoms with van der Waals surface area (Å²) in [5.41, 5.74) is 0.721. The fraction of sp³-hybridized carbons (Fsp3) is 0.438. The molecule has 128 valence electrons. The lowest BCUT2D eigenvalue weighted by molar-refractivity contribution is -0.121. The number of hydrogen-bond acceptors (Lipinski definition) is 6. The van der Waals surface area contributed by atoms with Gasteiger partial charge in [0, 0.05) is 32.2 Å². The summed E-state index contributed by atoms with van der Waals surface area (Å²) in [6, 6.07) is 5.11. The van der Waals surface area contributed by atoms with E-state index in [1.54, 1.807) is 13.0 Å². The molecular formula is C16H20N4O3S. The second-order valence-electron chi connectivity index (χ2n) is 5.80. The topological polar surface area (TPSA) is 78.7 Å². The normalized spacial score (nSPS) is 16.8. The molecule has 1 unspecified atom stereocenters. The van der Waals surface area contributed by atoms with Crippen LogP contribution in [0, 0.1) is 6.92 Å². The van der Waals surface area contributed by atoms with E-state index in [0.29, 0.717) is 32.1 Å². The SMILES string of the molecule is Cc1cc(NC(=O)C(C)N2CCN(C(=O)c3cccs3)CC2)on1. The number of carbonyl (C=O) groups excluding carboxylic acids is 2.